The van der Waals surface area contributed by atoms with Gasteiger partial charge in [-0.15, -0.1) is 0 Å². The number of benzene rings is 2. The average Bonchev–Trinajstić information content (AvgIpc) is 3.30. The molecule has 2 unspecified atom stereocenters. The maximum atomic E-state index is 13.9. The monoisotopic (exact) mass is 480 g/mol. The van der Waals surface area contributed by atoms with Crippen LogP contribution in [0.25, 0.3) is 0 Å². The average molecular weight is 481 g/mol. The van der Waals surface area contributed by atoms with Crippen molar-refractivity contribution in [2.75, 3.05) is 26.2 Å². The van der Waals surface area contributed by atoms with Gasteiger partial charge in [0.2, 0.25) is 0 Å². The molecule has 2 aliphatic heterocycles. The molecule has 0 N–H and O–H groups in total. The normalized spacial score (nSPS) is 23.5. The largest absolute Gasteiger partial charge is 0.339 e. The second kappa shape index (κ2) is 8.29. The SMILES string of the molecule is Cn1cnc(S(=O)(=O)N2CC(c3ccc4c(c3)C(Cc3cccc(F)c3)C(N3CCC3)C4)C2)c1. The third kappa shape index (κ3) is 3.78. The first-order chi connectivity index (χ1) is 16.4. The number of fused-ring (bicyclic) bond motifs is 1. The molecule has 3 heterocycles. The fourth-order valence-electron chi connectivity index (χ4n) is 5.69. The smallest absolute Gasteiger partial charge is 0.262 e. The summed E-state index contributed by atoms with van der Waals surface area (Å²) in [5.41, 5.74) is 4.95. The number of hydrogen-bond donors (Lipinski definition) is 0. The van der Waals surface area contributed by atoms with Crippen LogP contribution < -0.4 is 0 Å². The second-order valence-corrected chi connectivity index (χ2v) is 11.8. The van der Waals surface area contributed by atoms with Gasteiger partial charge >= 0.3 is 0 Å². The molecule has 8 heteroatoms. The first-order valence-electron chi connectivity index (χ1n) is 12.0. The number of nitrogens with zero attached hydrogens (tertiary/aromatic N) is 4. The number of aryl methyl sites for hydroxylation is 1. The molecule has 6 rings (SSSR count). The van der Waals surface area contributed by atoms with Crippen LogP contribution >= 0.6 is 0 Å². The summed E-state index contributed by atoms with van der Waals surface area (Å²) in [6.45, 7) is 3.21. The number of hydrogen-bond acceptors (Lipinski definition) is 4. The molecule has 1 aliphatic carbocycles. The molecular weight excluding hydrogens is 451 g/mol. The Kier molecular flexibility index (Phi) is 5.35. The quantitative estimate of drug-likeness (QED) is 0.543. The summed E-state index contributed by atoms with van der Waals surface area (Å²) >= 11 is 0. The van der Waals surface area contributed by atoms with E-state index in [1.54, 1.807) is 29.9 Å². The molecule has 178 valence electrons. The van der Waals surface area contributed by atoms with Gasteiger partial charge in [-0.25, -0.2) is 17.8 Å². The van der Waals surface area contributed by atoms with E-state index in [0.29, 0.717) is 25.0 Å². The Bertz CT molecular complexity index is 1330. The molecular formula is C26H29FN4O2S. The van der Waals surface area contributed by atoms with E-state index in [0.717, 1.165) is 31.5 Å². The van der Waals surface area contributed by atoms with Gasteiger partial charge in [0.1, 0.15) is 5.82 Å². The highest BCUT2D eigenvalue weighted by atomic mass is 32.2. The number of halogens is 1. The highest BCUT2D eigenvalue weighted by Gasteiger charge is 2.41. The lowest BCUT2D eigenvalue weighted by molar-refractivity contribution is 0.106. The summed E-state index contributed by atoms with van der Waals surface area (Å²) in [6, 6.07) is 14.1. The molecule has 0 amide bonds. The van der Waals surface area contributed by atoms with Crippen molar-refractivity contribution in [3.63, 3.8) is 0 Å². The number of rotatable bonds is 6. The second-order valence-electron chi connectivity index (χ2n) is 9.96. The highest BCUT2D eigenvalue weighted by Crippen LogP contribution is 2.42. The molecule has 34 heavy (non-hydrogen) atoms. The summed E-state index contributed by atoms with van der Waals surface area (Å²) < 4.78 is 42.7. The van der Waals surface area contributed by atoms with E-state index in [1.807, 2.05) is 6.07 Å². The van der Waals surface area contributed by atoms with E-state index in [-0.39, 0.29) is 16.8 Å². The van der Waals surface area contributed by atoms with Gasteiger partial charge in [0.05, 0.1) is 6.33 Å². The zero-order valence-electron chi connectivity index (χ0n) is 19.3. The van der Waals surface area contributed by atoms with E-state index < -0.39 is 10.0 Å². The molecule has 3 aromatic rings. The maximum absolute atomic E-state index is 13.9. The van der Waals surface area contributed by atoms with Crippen LogP contribution in [0.5, 0.6) is 0 Å². The van der Waals surface area contributed by atoms with Gasteiger partial charge in [-0.05, 0) is 66.7 Å². The molecule has 0 spiro atoms. The first kappa shape index (κ1) is 21.9. The number of likely N-dealkylation sites (tertiary alicyclic amines) is 1. The fraction of sp³-hybridized carbons (Fsp3) is 0.423. The summed E-state index contributed by atoms with van der Waals surface area (Å²) in [6.07, 6.45) is 6.15. The van der Waals surface area contributed by atoms with Gasteiger partial charge in [-0.2, -0.15) is 4.31 Å². The van der Waals surface area contributed by atoms with Gasteiger partial charge < -0.3 is 4.57 Å². The van der Waals surface area contributed by atoms with Crippen LogP contribution in [0.1, 0.15) is 40.5 Å². The van der Waals surface area contributed by atoms with Gasteiger partial charge in [0, 0.05) is 44.2 Å². The standard InChI is InChI=1S/C26H29FN4O2S/c1-29-16-26(28-17-29)34(32,33)31-14-21(15-31)19-6-7-20-13-25(30-8-3-9-30)24(23(20)12-19)11-18-4-2-5-22(27)10-18/h2,4-7,10,12,16-17,21,24-25H,3,8-9,11,13-15H2,1H3. The van der Waals surface area contributed by atoms with Crippen molar-refractivity contribution in [3.05, 3.63) is 83.1 Å². The molecule has 2 fully saturated rings. The Balaban J connectivity index is 1.23. The Morgan fingerprint density at radius 3 is 2.62 bits per heavy atom. The molecule has 1 aromatic heterocycles. The topological polar surface area (TPSA) is 58.4 Å². The van der Waals surface area contributed by atoms with Gasteiger partial charge in [0.25, 0.3) is 10.0 Å². The minimum atomic E-state index is -3.55. The molecule has 2 aromatic carbocycles. The summed E-state index contributed by atoms with van der Waals surface area (Å²) in [7, 11) is -1.78. The lowest BCUT2D eigenvalue weighted by Crippen LogP contribution is -2.48. The van der Waals surface area contributed by atoms with Crippen LogP contribution in [0, 0.1) is 5.82 Å². The summed E-state index contributed by atoms with van der Waals surface area (Å²) in [4.78, 5) is 6.60. The van der Waals surface area contributed by atoms with Crippen molar-refractivity contribution in [2.45, 2.75) is 42.2 Å². The van der Waals surface area contributed by atoms with E-state index >= 15 is 0 Å². The predicted molar refractivity (Wildman–Crippen MR) is 128 cm³/mol. The van der Waals surface area contributed by atoms with Gasteiger partial charge in [0.15, 0.2) is 5.03 Å². The van der Waals surface area contributed by atoms with Crippen LogP contribution in [0.2, 0.25) is 0 Å². The van der Waals surface area contributed by atoms with E-state index in [1.165, 1.54) is 39.8 Å². The molecule has 6 nitrogen and oxygen atoms in total. The van der Waals surface area contributed by atoms with Crippen LogP contribution in [0.3, 0.4) is 0 Å². The molecule has 0 radical (unpaired) electrons. The maximum Gasteiger partial charge on any atom is 0.262 e. The van der Waals surface area contributed by atoms with Crippen LogP contribution in [0.15, 0.2) is 60.0 Å². The van der Waals surface area contributed by atoms with Crippen molar-refractivity contribution >= 4 is 10.0 Å². The number of sulfonamides is 1. The first-order valence-corrected chi connectivity index (χ1v) is 13.4. The lowest BCUT2D eigenvalue weighted by Gasteiger charge is -2.40. The Morgan fingerprint density at radius 1 is 1.12 bits per heavy atom. The highest BCUT2D eigenvalue weighted by molar-refractivity contribution is 7.89. The Hall–Kier alpha value is -2.55. The Labute approximate surface area is 200 Å². The fourth-order valence-corrected chi connectivity index (χ4v) is 7.19. The number of aromatic nitrogens is 2. The third-order valence-corrected chi connectivity index (χ3v) is 9.49. The third-order valence-electron chi connectivity index (χ3n) is 7.77. The van der Waals surface area contributed by atoms with Crippen LogP contribution in [-0.4, -0.2) is 59.4 Å². The minimum absolute atomic E-state index is 0.106. The summed E-state index contributed by atoms with van der Waals surface area (Å²) in [5.74, 6) is 0.320. The molecule has 0 bridgehead atoms. The Morgan fingerprint density at radius 2 is 1.94 bits per heavy atom. The van der Waals surface area contributed by atoms with Crippen molar-refractivity contribution in [2.24, 2.45) is 7.05 Å². The molecule has 3 aliphatic rings. The predicted octanol–water partition coefficient (Wildman–Crippen LogP) is 3.30. The van der Waals surface area contributed by atoms with Crippen LogP contribution in [0.4, 0.5) is 4.39 Å². The van der Waals surface area contributed by atoms with Gasteiger partial charge in [-0.1, -0.05) is 30.3 Å². The zero-order chi connectivity index (χ0) is 23.4. The van der Waals surface area contributed by atoms with E-state index in [4.69, 9.17) is 0 Å². The zero-order valence-corrected chi connectivity index (χ0v) is 20.1. The number of imidazole rings is 1. The molecule has 0 saturated carbocycles. The van der Waals surface area contributed by atoms with Crippen molar-refractivity contribution < 1.29 is 12.8 Å². The van der Waals surface area contributed by atoms with Crippen molar-refractivity contribution in [3.8, 4) is 0 Å². The van der Waals surface area contributed by atoms with Gasteiger partial charge in [-0.3, -0.25) is 4.90 Å². The van der Waals surface area contributed by atoms with E-state index in [2.05, 4.69) is 28.1 Å². The van der Waals surface area contributed by atoms with Crippen molar-refractivity contribution in [1.29, 1.82) is 0 Å². The molecule has 2 atom stereocenters. The van der Waals surface area contributed by atoms with E-state index in [9.17, 15) is 12.8 Å². The minimum Gasteiger partial charge on any atom is -0.339 e. The lowest BCUT2D eigenvalue weighted by atomic mass is 9.86. The van der Waals surface area contributed by atoms with Crippen LogP contribution in [-0.2, 0) is 29.9 Å². The molecule has 2 saturated heterocycles. The summed E-state index contributed by atoms with van der Waals surface area (Å²) in [5, 5.41) is 0.106. The van der Waals surface area contributed by atoms with Crippen molar-refractivity contribution in [1.82, 2.24) is 18.8 Å².